The molecule has 2 heterocycles. The molecular weight excluding hydrogens is 292 g/mol. The van der Waals surface area contributed by atoms with Crippen LogP contribution in [0.3, 0.4) is 0 Å². The van der Waals surface area contributed by atoms with E-state index < -0.39 is 0 Å². The molecule has 1 amide bonds. The molecule has 5 nitrogen and oxygen atoms in total. The van der Waals surface area contributed by atoms with E-state index in [1.54, 1.807) is 0 Å². The normalized spacial score (nSPS) is 16.1. The predicted molar refractivity (Wildman–Crippen MR) is 85.4 cm³/mol. The average Bonchev–Trinajstić information content (AvgIpc) is 3.18. The molecule has 0 aliphatic carbocycles. The van der Waals surface area contributed by atoms with Crippen LogP contribution in [0.4, 0.5) is 0 Å². The highest BCUT2D eigenvalue weighted by atomic mass is 16.5. The Labute approximate surface area is 133 Å². The van der Waals surface area contributed by atoms with Crippen LogP contribution in [0, 0.1) is 0 Å². The molecule has 0 saturated carbocycles. The van der Waals surface area contributed by atoms with E-state index >= 15 is 0 Å². The van der Waals surface area contributed by atoms with Crippen LogP contribution in [0.1, 0.15) is 17.2 Å². The lowest BCUT2D eigenvalue weighted by Crippen LogP contribution is -2.30. The minimum atomic E-state index is -0.0616. The van der Waals surface area contributed by atoms with Gasteiger partial charge in [-0.3, -0.25) is 4.79 Å². The van der Waals surface area contributed by atoms with E-state index in [0.717, 1.165) is 16.7 Å². The van der Waals surface area contributed by atoms with Crippen molar-refractivity contribution in [2.45, 2.75) is 12.3 Å². The fourth-order valence-electron chi connectivity index (χ4n) is 2.92. The van der Waals surface area contributed by atoms with Crippen LogP contribution in [0.25, 0.3) is 11.0 Å². The van der Waals surface area contributed by atoms with Gasteiger partial charge in [-0.15, -0.1) is 0 Å². The van der Waals surface area contributed by atoms with Gasteiger partial charge in [-0.05, 0) is 18.2 Å². The number of para-hydroxylation sites is 2. The van der Waals surface area contributed by atoms with Gasteiger partial charge in [-0.1, -0.05) is 35.5 Å². The van der Waals surface area contributed by atoms with Gasteiger partial charge in [0.2, 0.25) is 5.91 Å². The Morgan fingerprint density at radius 1 is 1.17 bits per heavy atom. The largest absolute Gasteiger partial charge is 0.493 e. The van der Waals surface area contributed by atoms with Crippen molar-refractivity contribution < 1.29 is 14.1 Å². The van der Waals surface area contributed by atoms with Crippen LogP contribution >= 0.6 is 0 Å². The summed E-state index contributed by atoms with van der Waals surface area (Å²) in [5, 5.41) is 7.84. The van der Waals surface area contributed by atoms with Crippen molar-refractivity contribution in [2.24, 2.45) is 0 Å². The van der Waals surface area contributed by atoms with E-state index in [2.05, 4.69) is 10.5 Å². The van der Waals surface area contributed by atoms with Crippen LogP contribution in [-0.2, 0) is 11.2 Å². The molecule has 1 aliphatic heterocycles. The molecule has 0 saturated heterocycles. The summed E-state index contributed by atoms with van der Waals surface area (Å²) in [5.41, 5.74) is 2.52. The Bertz CT molecular complexity index is 856. The summed E-state index contributed by atoms with van der Waals surface area (Å²) in [7, 11) is 0. The number of fused-ring (bicyclic) bond motifs is 2. The maximum atomic E-state index is 12.2. The fourth-order valence-corrected chi connectivity index (χ4v) is 2.92. The van der Waals surface area contributed by atoms with Crippen molar-refractivity contribution in [3.63, 3.8) is 0 Å². The molecule has 0 spiro atoms. The summed E-state index contributed by atoms with van der Waals surface area (Å²) in [5.74, 6) is 1.05. The van der Waals surface area contributed by atoms with Gasteiger partial charge in [-0.25, -0.2) is 0 Å². The van der Waals surface area contributed by atoms with Gasteiger partial charge in [0.05, 0.1) is 13.0 Å². The first kappa shape index (κ1) is 13.8. The van der Waals surface area contributed by atoms with Gasteiger partial charge >= 0.3 is 0 Å². The number of hydrogen-bond acceptors (Lipinski definition) is 4. The topological polar surface area (TPSA) is 64.4 Å². The van der Waals surface area contributed by atoms with Gasteiger partial charge in [0, 0.05) is 23.4 Å². The van der Waals surface area contributed by atoms with Gasteiger partial charge in [0.25, 0.3) is 0 Å². The minimum Gasteiger partial charge on any atom is -0.493 e. The zero-order valence-electron chi connectivity index (χ0n) is 12.5. The minimum absolute atomic E-state index is 0.0616. The van der Waals surface area contributed by atoms with Crippen molar-refractivity contribution in [1.29, 1.82) is 0 Å². The molecule has 23 heavy (non-hydrogen) atoms. The molecule has 5 heteroatoms. The number of carbonyl (C=O) groups excluding carboxylic acids is 1. The van der Waals surface area contributed by atoms with Crippen LogP contribution in [0.2, 0.25) is 0 Å². The molecule has 0 fully saturated rings. The number of carbonyl (C=O) groups is 1. The van der Waals surface area contributed by atoms with E-state index in [-0.39, 0.29) is 18.2 Å². The van der Waals surface area contributed by atoms with E-state index in [0.29, 0.717) is 24.4 Å². The average molecular weight is 308 g/mol. The Morgan fingerprint density at radius 3 is 2.96 bits per heavy atom. The molecule has 1 aromatic heterocycles. The monoisotopic (exact) mass is 308 g/mol. The lowest BCUT2D eigenvalue weighted by molar-refractivity contribution is -0.120. The van der Waals surface area contributed by atoms with Crippen LogP contribution < -0.4 is 10.1 Å². The van der Waals surface area contributed by atoms with Crippen LogP contribution in [-0.4, -0.2) is 24.2 Å². The number of aromatic nitrogens is 1. The smallest absolute Gasteiger partial charge is 0.226 e. The zero-order valence-corrected chi connectivity index (χ0v) is 12.5. The summed E-state index contributed by atoms with van der Waals surface area (Å²) < 4.78 is 10.9. The summed E-state index contributed by atoms with van der Waals surface area (Å²) in [6, 6.07) is 15.5. The summed E-state index contributed by atoms with van der Waals surface area (Å²) >= 11 is 0. The number of ether oxygens (including phenoxy) is 1. The molecule has 3 aromatic rings. The number of hydrogen-bond donors (Lipinski definition) is 1. The van der Waals surface area contributed by atoms with Crippen molar-refractivity contribution in [3.8, 4) is 5.75 Å². The molecule has 0 bridgehead atoms. The SMILES string of the molecule is O=C(Cc1noc2ccccc12)NC[C@H]1COc2ccccc21. The predicted octanol–water partition coefficient (Wildman–Crippen LogP) is 2.66. The first-order valence-corrected chi connectivity index (χ1v) is 7.63. The summed E-state index contributed by atoms with van der Waals surface area (Å²) in [6.45, 7) is 1.16. The molecule has 1 atom stereocenters. The lowest BCUT2D eigenvalue weighted by atomic mass is 10.0. The van der Waals surface area contributed by atoms with Crippen molar-refractivity contribution in [1.82, 2.24) is 10.5 Å². The third kappa shape index (κ3) is 2.65. The van der Waals surface area contributed by atoms with Crippen molar-refractivity contribution in [3.05, 3.63) is 59.8 Å². The fraction of sp³-hybridized carbons (Fsp3) is 0.222. The third-order valence-corrected chi connectivity index (χ3v) is 4.12. The number of nitrogens with zero attached hydrogens (tertiary/aromatic N) is 1. The number of benzene rings is 2. The molecule has 1 N–H and O–H groups in total. The quantitative estimate of drug-likeness (QED) is 0.805. The van der Waals surface area contributed by atoms with E-state index in [1.807, 2.05) is 48.5 Å². The Morgan fingerprint density at radius 2 is 2.00 bits per heavy atom. The number of rotatable bonds is 4. The molecule has 1 aliphatic rings. The molecule has 0 radical (unpaired) electrons. The first-order chi connectivity index (χ1) is 11.3. The molecule has 4 rings (SSSR count). The molecular formula is C18H16N2O3. The number of nitrogens with one attached hydrogen (secondary N) is 1. The van der Waals surface area contributed by atoms with Gasteiger partial charge in [0.15, 0.2) is 5.58 Å². The Kier molecular flexibility index (Phi) is 3.46. The van der Waals surface area contributed by atoms with Gasteiger partial charge < -0.3 is 14.6 Å². The second-order valence-corrected chi connectivity index (χ2v) is 5.65. The van der Waals surface area contributed by atoms with Crippen molar-refractivity contribution >= 4 is 16.9 Å². The maximum Gasteiger partial charge on any atom is 0.226 e. The third-order valence-electron chi connectivity index (χ3n) is 4.12. The van der Waals surface area contributed by atoms with Crippen molar-refractivity contribution in [2.75, 3.05) is 13.2 Å². The zero-order chi connectivity index (χ0) is 15.6. The second-order valence-electron chi connectivity index (χ2n) is 5.65. The Hall–Kier alpha value is -2.82. The lowest BCUT2D eigenvalue weighted by Gasteiger charge is -2.10. The molecule has 116 valence electrons. The van der Waals surface area contributed by atoms with Gasteiger partial charge in [-0.2, -0.15) is 0 Å². The Balaban J connectivity index is 1.40. The van der Waals surface area contributed by atoms with Gasteiger partial charge in [0.1, 0.15) is 11.4 Å². The second kappa shape index (κ2) is 5.76. The first-order valence-electron chi connectivity index (χ1n) is 7.63. The molecule has 0 unspecified atom stereocenters. The highest BCUT2D eigenvalue weighted by Crippen LogP contribution is 2.32. The number of amides is 1. The standard InChI is InChI=1S/C18H16N2O3/c21-18(9-15-14-6-2-4-8-17(14)23-20-15)19-10-12-11-22-16-7-3-1-5-13(12)16/h1-8,12H,9-11H2,(H,19,21)/t12-/m0/s1. The highest BCUT2D eigenvalue weighted by molar-refractivity contribution is 5.86. The highest BCUT2D eigenvalue weighted by Gasteiger charge is 2.24. The van der Waals surface area contributed by atoms with E-state index in [1.165, 1.54) is 0 Å². The van der Waals surface area contributed by atoms with Crippen LogP contribution in [0.15, 0.2) is 53.1 Å². The maximum absolute atomic E-state index is 12.2. The van der Waals surface area contributed by atoms with E-state index in [4.69, 9.17) is 9.26 Å². The molecule has 2 aromatic carbocycles. The van der Waals surface area contributed by atoms with Crippen LogP contribution in [0.5, 0.6) is 5.75 Å². The van der Waals surface area contributed by atoms with E-state index in [9.17, 15) is 4.79 Å². The summed E-state index contributed by atoms with van der Waals surface area (Å²) in [6.07, 6.45) is 0.215. The summed E-state index contributed by atoms with van der Waals surface area (Å²) in [4.78, 5) is 12.2.